The predicted molar refractivity (Wildman–Crippen MR) is 102 cm³/mol. The Morgan fingerprint density at radius 3 is 2.46 bits per heavy atom. The number of amides is 1. The third-order valence-corrected chi connectivity index (χ3v) is 5.20. The van der Waals surface area contributed by atoms with Crippen LogP contribution < -0.4 is 5.32 Å². The molecular weight excluding hydrogens is 327 g/mol. The summed E-state index contributed by atoms with van der Waals surface area (Å²) < 4.78 is 13.3. The molecule has 4 heteroatoms. The minimum atomic E-state index is -0.391. The molecule has 0 bridgehead atoms. The van der Waals surface area contributed by atoms with E-state index in [-0.39, 0.29) is 5.91 Å². The first-order chi connectivity index (χ1) is 12.5. The van der Waals surface area contributed by atoms with Crippen molar-refractivity contribution >= 4 is 5.91 Å². The fraction of sp³-hybridized carbons (Fsp3) is 0.409. The number of halogens is 1. The van der Waals surface area contributed by atoms with Crippen LogP contribution in [0.4, 0.5) is 4.39 Å². The topological polar surface area (TPSA) is 32.3 Å². The van der Waals surface area contributed by atoms with Crippen molar-refractivity contribution in [3.8, 4) is 0 Å². The van der Waals surface area contributed by atoms with Gasteiger partial charge in [-0.1, -0.05) is 37.3 Å². The molecule has 1 saturated heterocycles. The highest BCUT2D eigenvalue weighted by Gasteiger charge is 2.15. The molecule has 0 atom stereocenters. The van der Waals surface area contributed by atoms with Crippen LogP contribution in [0, 0.1) is 18.7 Å². The van der Waals surface area contributed by atoms with Crippen LogP contribution in [0.3, 0.4) is 0 Å². The van der Waals surface area contributed by atoms with Crippen LogP contribution in [0.25, 0.3) is 0 Å². The molecule has 1 N–H and O–H groups in total. The Bertz CT molecular complexity index is 749. The maximum Gasteiger partial charge on any atom is 0.251 e. The molecule has 0 aliphatic carbocycles. The number of aryl methyl sites for hydroxylation is 1. The molecule has 1 aliphatic heterocycles. The van der Waals surface area contributed by atoms with Crippen molar-refractivity contribution in [3.63, 3.8) is 0 Å². The molecule has 26 heavy (non-hydrogen) atoms. The first-order valence-corrected chi connectivity index (χ1v) is 9.36. The minimum absolute atomic E-state index is 0.242. The van der Waals surface area contributed by atoms with Gasteiger partial charge >= 0.3 is 0 Å². The summed E-state index contributed by atoms with van der Waals surface area (Å²) in [5, 5.41) is 2.87. The van der Waals surface area contributed by atoms with Crippen LogP contribution in [-0.4, -0.2) is 23.9 Å². The Hall–Kier alpha value is -2.20. The van der Waals surface area contributed by atoms with E-state index < -0.39 is 5.82 Å². The summed E-state index contributed by atoms with van der Waals surface area (Å²) in [6.45, 7) is 7.91. The summed E-state index contributed by atoms with van der Waals surface area (Å²) in [6, 6.07) is 12.7. The molecule has 1 amide bonds. The Balaban J connectivity index is 1.52. The minimum Gasteiger partial charge on any atom is -0.348 e. The monoisotopic (exact) mass is 354 g/mol. The predicted octanol–water partition coefficient (Wildman–Crippen LogP) is 4.30. The van der Waals surface area contributed by atoms with Crippen LogP contribution in [0.15, 0.2) is 42.5 Å². The number of carbonyl (C=O) groups is 1. The van der Waals surface area contributed by atoms with Gasteiger partial charge in [0.15, 0.2) is 0 Å². The number of benzene rings is 2. The zero-order valence-electron chi connectivity index (χ0n) is 15.6. The number of rotatable bonds is 5. The van der Waals surface area contributed by atoms with Crippen molar-refractivity contribution in [2.45, 2.75) is 39.8 Å². The molecule has 1 heterocycles. The highest BCUT2D eigenvalue weighted by Crippen LogP contribution is 2.18. The number of nitrogens with zero attached hydrogens (tertiary/aromatic N) is 1. The fourth-order valence-electron chi connectivity index (χ4n) is 3.36. The van der Waals surface area contributed by atoms with E-state index in [2.05, 4.69) is 41.4 Å². The zero-order chi connectivity index (χ0) is 18.5. The van der Waals surface area contributed by atoms with Crippen LogP contribution in [0.1, 0.15) is 46.8 Å². The molecule has 0 aromatic heterocycles. The molecule has 0 spiro atoms. The number of hydrogen-bond donors (Lipinski definition) is 1. The lowest BCUT2D eigenvalue weighted by Crippen LogP contribution is -2.32. The van der Waals surface area contributed by atoms with Gasteiger partial charge in [0.05, 0.1) is 0 Å². The lowest BCUT2D eigenvalue weighted by Gasteiger charge is -2.30. The zero-order valence-corrected chi connectivity index (χ0v) is 15.6. The van der Waals surface area contributed by atoms with Gasteiger partial charge in [-0.2, -0.15) is 0 Å². The van der Waals surface area contributed by atoms with Gasteiger partial charge in [0.25, 0.3) is 5.91 Å². The summed E-state index contributed by atoms with van der Waals surface area (Å²) >= 11 is 0. The van der Waals surface area contributed by atoms with Crippen molar-refractivity contribution < 1.29 is 9.18 Å². The van der Waals surface area contributed by atoms with Crippen molar-refractivity contribution in [1.82, 2.24) is 10.2 Å². The van der Waals surface area contributed by atoms with Gasteiger partial charge in [-0.3, -0.25) is 9.69 Å². The quantitative estimate of drug-likeness (QED) is 0.868. The van der Waals surface area contributed by atoms with E-state index in [4.69, 9.17) is 0 Å². The number of likely N-dealkylation sites (tertiary alicyclic amines) is 1. The normalized spacial score (nSPS) is 15.8. The maximum absolute atomic E-state index is 13.3. The van der Waals surface area contributed by atoms with Gasteiger partial charge in [-0.15, -0.1) is 0 Å². The van der Waals surface area contributed by atoms with Crippen LogP contribution in [0.5, 0.6) is 0 Å². The highest BCUT2D eigenvalue weighted by molar-refractivity contribution is 5.95. The molecule has 0 unspecified atom stereocenters. The molecule has 0 saturated carbocycles. The summed E-state index contributed by atoms with van der Waals surface area (Å²) in [7, 11) is 0. The van der Waals surface area contributed by atoms with Gasteiger partial charge in [0.1, 0.15) is 5.82 Å². The van der Waals surface area contributed by atoms with E-state index in [0.29, 0.717) is 12.1 Å². The van der Waals surface area contributed by atoms with Gasteiger partial charge in [0, 0.05) is 18.7 Å². The standard InChI is InChI=1S/C22H27FN2O/c1-16-9-11-25(12-10-16)15-19-6-4-18(5-7-19)14-24-22(26)21-13-20(23)8-3-17(21)2/h3-8,13,16H,9-12,14-15H2,1-2H3,(H,24,26). The Kier molecular flexibility index (Phi) is 6.04. The van der Waals surface area contributed by atoms with Gasteiger partial charge < -0.3 is 5.32 Å². The largest absolute Gasteiger partial charge is 0.348 e. The molecule has 2 aromatic carbocycles. The average molecular weight is 354 g/mol. The van der Waals surface area contributed by atoms with E-state index in [1.165, 1.54) is 43.6 Å². The second-order valence-electron chi connectivity index (χ2n) is 7.42. The Labute approximate surface area is 155 Å². The van der Waals surface area contributed by atoms with Crippen molar-refractivity contribution in [3.05, 3.63) is 70.5 Å². The molecule has 3 rings (SSSR count). The Morgan fingerprint density at radius 2 is 1.77 bits per heavy atom. The van der Waals surface area contributed by atoms with E-state index in [9.17, 15) is 9.18 Å². The first kappa shape index (κ1) is 18.6. The summed E-state index contributed by atoms with van der Waals surface area (Å²) in [5.74, 6) is 0.213. The summed E-state index contributed by atoms with van der Waals surface area (Å²) in [5.41, 5.74) is 3.51. The van der Waals surface area contributed by atoms with Crippen molar-refractivity contribution in [2.24, 2.45) is 5.92 Å². The Morgan fingerprint density at radius 1 is 1.12 bits per heavy atom. The maximum atomic E-state index is 13.3. The number of carbonyl (C=O) groups excluding carboxylic acids is 1. The van der Waals surface area contributed by atoms with E-state index >= 15 is 0 Å². The highest BCUT2D eigenvalue weighted by atomic mass is 19.1. The molecule has 3 nitrogen and oxygen atoms in total. The number of piperidine rings is 1. The van der Waals surface area contributed by atoms with Gasteiger partial charge in [0.2, 0.25) is 0 Å². The lowest BCUT2D eigenvalue weighted by atomic mass is 9.99. The fourth-order valence-corrected chi connectivity index (χ4v) is 3.36. The average Bonchev–Trinajstić information content (AvgIpc) is 2.65. The molecule has 1 aliphatic rings. The van der Waals surface area contributed by atoms with E-state index in [1.807, 2.05) is 6.92 Å². The van der Waals surface area contributed by atoms with Crippen LogP contribution >= 0.6 is 0 Å². The number of hydrogen-bond acceptors (Lipinski definition) is 2. The van der Waals surface area contributed by atoms with Crippen LogP contribution in [0.2, 0.25) is 0 Å². The van der Waals surface area contributed by atoms with Crippen LogP contribution in [-0.2, 0) is 13.1 Å². The molecule has 2 aromatic rings. The smallest absolute Gasteiger partial charge is 0.251 e. The van der Waals surface area contributed by atoms with Crippen molar-refractivity contribution in [2.75, 3.05) is 13.1 Å². The van der Waals surface area contributed by atoms with E-state index in [0.717, 1.165) is 23.6 Å². The van der Waals surface area contributed by atoms with Gasteiger partial charge in [-0.25, -0.2) is 4.39 Å². The second kappa shape index (κ2) is 8.45. The molecule has 0 radical (unpaired) electrons. The van der Waals surface area contributed by atoms with Gasteiger partial charge in [-0.05, 0) is 67.6 Å². The first-order valence-electron chi connectivity index (χ1n) is 9.36. The molecule has 138 valence electrons. The molecule has 1 fully saturated rings. The third-order valence-electron chi connectivity index (χ3n) is 5.20. The van der Waals surface area contributed by atoms with Crippen molar-refractivity contribution in [1.29, 1.82) is 0 Å². The third kappa shape index (κ3) is 4.92. The number of nitrogens with one attached hydrogen (secondary N) is 1. The second-order valence-corrected chi connectivity index (χ2v) is 7.42. The lowest BCUT2D eigenvalue weighted by molar-refractivity contribution is 0.0950. The summed E-state index contributed by atoms with van der Waals surface area (Å²) in [6.07, 6.45) is 2.56. The van der Waals surface area contributed by atoms with E-state index in [1.54, 1.807) is 6.07 Å². The summed E-state index contributed by atoms with van der Waals surface area (Å²) in [4.78, 5) is 14.8. The SMILES string of the molecule is Cc1ccc(F)cc1C(=O)NCc1ccc(CN2CCC(C)CC2)cc1. The molecular formula is C22H27FN2O.